The third kappa shape index (κ3) is 2.00. The van der Waals surface area contributed by atoms with Gasteiger partial charge in [-0.1, -0.05) is 13.8 Å². The van der Waals surface area contributed by atoms with Gasteiger partial charge in [-0.25, -0.2) is 14.6 Å². The minimum atomic E-state index is 0.505. The Balaban J connectivity index is 2.59. The smallest absolute Gasteiger partial charge is 0.162 e. The number of nitrogen functional groups attached to an aromatic ring is 1. The molecule has 2 heterocycles. The molecule has 0 bridgehead atoms. The molecule has 0 spiro atoms. The number of hydrogen-bond acceptors (Lipinski definition) is 4. The van der Waals surface area contributed by atoms with Crippen molar-refractivity contribution in [2.45, 2.75) is 33.6 Å². The first-order chi connectivity index (χ1) is 8.17. The lowest BCUT2D eigenvalue weighted by Gasteiger charge is -2.08. The average Bonchev–Trinajstić information content (AvgIpc) is 2.76. The summed E-state index contributed by atoms with van der Waals surface area (Å²) in [4.78, 5) is 8.25. The third-order valence-corrected chi connectivity index (χ3v) is 2.86. The summed E-state index contributed by atoms with van der Waals surface area (Å²) in [5.74, 6) is 1.28. The molecule has 5 heteroatoms. The third-order valence-electron chi connectivity index (χ3n) is 2.86. The van der Waals surface area contributed by atoms with Crippen molar-refractivity contribution in [1.29, 1.82) is 0 Å². The summed E-state index contributed by atoms with van der Waals surface area (Å²) in [5, 5.41) is 4.54. The zero-order valence-electron chi connectivity index (χ0n) is 10.4. The van der Waals surface area contributed by atoms with E-state index in [9.17, 15) is 0 Å². The molecule has 0 fully saturated rings. The lowest BCUT2D eigenvalue weighted by molar-refractivity contribution is 0.763. The van der Waals surface area contributed by atoms with Crippen molar-refractivity contribution in [1.82, 2.24) is 19.7 Å². The summed E-state index contributed by atoms with van der Waals surface area (Å²) >= 11 is 0. The lowest BCUT2D eigenvalue weighted by atomic mass is 10.2. The van der Waals surface area contributed by atoms with Crippen molar-refractivity contribution in [3.63, 3.8) is 0 Å². The van der Waals surface area contributed by atoms with Crippen LogP contribution in [0.3, 0.4) is 0 Å². The summed E-state index contributed by atoms with van der Waals surface area (Å²) in [7, 11) is 0. The second-order valence-electron chi connectivity index (χ2n) is 3.95. The van der Waals surface area contributed by atoms with E-state index in [-0.39, 0.29) is 0 Å². The molecule has 0 atom stereocenters. The standard InChI is InChI=1S/C12H17N5/c1-4-9-6-10(5-2)17(16-9)12-8(3)11(13)14-7-15-12/h6-7H,4-5H2,1-3H3,(H2,13,14,15). The molecule has 17 heavy (non-hydrogen) atoms. The largest absolute Gasteiger partial charge is 0.383 e. The molecule has 0 radical (unpaired) electrons. The van der Waals surface area contributed by atoms with Crippen molar-refractivity contribution in [2.75, 3.05) is 5.73 Å². The van der Waals surface area contributed by atoms with Gasteiger partial charge in [0.2, 0.25) is 0 Å². The maximum absolute atomic E-state index is 5.80. The van der Waals surface area contributed by atoms with Crippen LogP contribution >= 0.6 is 0 Å². The monoisotopic (exact) mass is 231 g/mol. The van der Waals surface area contributed by atoms with Crippen molar-refractivity contribution in [2.24, 2.45) is 0 Å². The highest BCUT2D eigenvalue weighted by Crippen LogP contribution is 2.17. The van der Waals surface area contributed by atoms with Crippen LogP contribution in [0.15, 0.2) is 12.4 Å². The Bertz CT molecular complexity index is 530. The number of aryl methyl sites for hydroxylation is 2. The summed E-state index contributed by atoms with van der Waals surface area (Å²) in [5.41, 5.74) is 8.87. The van der Waals surface area contributed by atoms with E-state index in [0.29, 0.717) is 5.82 Å². The molecule has 90 valence electrons. The molecular weight excluding hydrogens is 214 g/mol. The fraction of sp³-hybridized carbons (Fsp3) is 0.417. The number of anilines is 1. The van der Waals surface area contributed by atoms with Crippen LogP contribution in [0.1, 0.15) is 30.8 Å². The normalized spacial score (nSPS) is 10.8. The van der Waals surface area contributed by atoms with Crippen molar-refractivity contribution in [3.8, 4) is 5.82 Å². The maximum Gasteiger partial charge on any atom is 0.162 e. The van der Waals surface area contributed by atoms with Crippen LogP contribution in [-0.2, 0) is 12.8 Å². The van der Waals surface area contributed by atoms with Crippen molar-refractivity contribution < 1.29 is 0 Å². The Hall–Kier alpha value is -1.91. The quantitative estimate of drug-likeness (QED) is 0.872. The molecule has 0 saturated carbocycles. The molecular formula is C12H17N5. The van der Waals surface area contributed by atoms with Crippen LogP contribution < -0.4 is 5.73 Å². The van der Waals surface area contributed by atoms with Gasteiger partial charge in [-0.2, -0.15) is 5.10 Å². The molecule has 0 amide bonds. The molecule has 0 aliphatic heterocycles. The van der Waals surface area contributed by atoms with Gasteiger partial charge in [-0.3, -0.25) is 0 Å². The predicted octanol–water partition coefficient (Wildman–Crippen LogP) is 1.68. The van der Waals surface area contributed by atoms with E-state index < -0.39 is 0 Å². The van der Waals surface area contributed by atoms with Gasteiger partial charge in [-0.05, 0) is 25.8 Å². The van der Waals surface area contributed by atoms with E-state index in [2.05, 4.69) is 35.0 Å². The summed E-state index contributed by atoms with van der Waals surface area (Å²) in [6.07, 6.45) is 3.31. The van der Waals surface area contributed by atoms with Crippen molar-refractivity contribution in [3.05, 3.63) is 29.3 Å². The van der Waals surface area contributed by atoms with E-state index >= 15 is 0 Å². The SMILES string of the molecule is CCc1cc(CC)n(-c2ncnc(N)c2C)n1. The second-order valence-corrected chi connectivity index (χ2v) is 3.95. The molecule has 2 N–H and O–H groups in total. The first-order valence-corrected chi connectivity index (χ1v) is 5.82. The molecule has 0 aromatic carbocycles. The Labute approximate surface area is 101 Å². The lowest BCUT2D eigenvalue weighted by Crippen LogP contribution is -2.09. The van der Waals surface area contributed by atoms with Gasteiger partial charge in [0, 0.05) is 11.3 Å². The van der Waals surface area contributed by atoms with Gasteiger partial charge in [0.1, 0.15) is 12.1 Å². The van der Waals surface area contributed by atoms with Crippen LogP contribution in [0, 0.1) is 6.92 Å². The van der Waals surface area contributed by atoms with Gasteiger partial charge < -0.3 is 5.73 Å². The molecule has 0 saturated heterocycles. The van der Waals surface area contributed by atoms with E-state index in [1.165, 1.54) is 6.33 Å². The summed E-state index contributed by atoms with van der Waals surface area (Å²) in [6, 6.07) is 2.11. The molecule has 2 aromatic heterocycles. The first-order valence-electron chi connectivity index (χ1n) is 5.82. The van der Waals surface area contributed by atoms with E-state index in [1.54, 1.807) is 0 Å². The van der Waals surface area contributed by atoms with Crippen molar-refractivity contribution >= 4 is 5.82 Å². The van der Waals surface area contributed by atoms with Gasteiger partial charge in [0.25, 0.3) is 0 Å². The van der Waals surface area contributed by atoms with E-state index in [0.717, 1.165) is 35.6 Å². The highest BCUT2D eigenvalue weighted by atomic mass is 15.3. The highest BCUT2D eigenvalue weighted by Gasteiger charge is 2.12. The van der Waals surface area contributed by atoms with Crippen LogP contribution in [-0.4, -0.2) is 19.7 Å². The molecule has 0 aliphatic carbocycles. The topological polar surface area (TPSA) is 69.6 Å². The molecule has 2 aromatic rings. The van der Waals surface area contributed by atoms with Gasteiger partial charge in [0.15, 0.2) is 5.82 Å². The highest BCUT2D eigenvalue weighted by molar-refractivity contribution is 5.47. The number of rotatable bonds is 3. The Morgan fingerprint density at radius 2 is 2.00 bits per heavy atom. The minimum Gasteiger partial charge on any atom is -0.383 e. The fourth-order valence-electron chi connectivity index (χ4n) is 1.75. The molecule has 5 nitrogen and oxygen atoms in total. The van der Waals surface area contributed by atoms with Crippen LogP contribution in [0.2, 0.25) is 0 Å². The second kappa shape index (κ2) is 4.53. The maximum atomic E-state index is 5.80. The Morgan fingerprint density at radius 3 is 2.65 bits per heavy atom. The van der Waals surface area contributed by atoms with Gasteiger partial charge in [0.05, 0.1) is 5.69 Å². The zero-order valence-corrected chi connectivity index (χ0v) is 10.4. The van der Waals surface area contributed by atoms with Crippen LogP contribution in [0.25, 0.3) is 5.82 Å². The van der Waals surface area contributed by atoms with Crippen LogP contribution in [0.5, 0.6) is 0 Å². The van der Waals surface area contributed by atoms with E-state index in [1.807, 2.05) is 11.6 Å². The van der Waals surface area contributed by atoms with E-state index in [4.69, 9.17) is 5.73 Å². The fourth-order valence-corrected chi connectivity index (χ4v) is 1.75. The minimum absolute atomic E-state index is 0.505. The first kappa shape index (κ1) is 11.6. The Kier molecular flexibility index (Phi) is 3.08. The number of nitrogens with two attached hydrogens (primary N) is 1. The predicted molar refractivity (Wildman–Crippen MR) is 67.1 cm³/mol. The number of aromatic nitrogens is 4. The summed E-state index contributed by atoms with van der Waals surface area (Å²) in [6.45, 7) is 6.11. The number of nitrogens with zero attached hydrogens (tertiary/aromatic N) is 4. The molecule has 2 rings (SSSR count). The van der Waals surface area contributed by atoms with Crippen LogP contribution in [0.4, 0.5) is 5.82 Å². The number of hydrogen-bond donors (Lipinski definition) is 1. The van der Waals surface area contributed by atoms with Gasteiger partial charge in [-0.15, -0.1) is 0 Å². The van der Waals surface area contributed by atoms with Gasteiger partial charge >= 0.3 is 0 Å². The summed E-state index contributed by atoms with van der Waals surface area (Å²) < 4.78 is 1.87. The molecule has 0 aliphatic rings. The molecule has 0 unspecified atom stereocenters. The zero-order chi connectivity index (χ0) is 12.4. The Morgan fingerprint density at radius 1 is 1.24 bits per heavy atom. The average molecular weight is 231 g/mol.